The zero-order valence-corrected chi connectivity index (χ0v) is 18.7. The van der Waals surface area contributed by atoms with E-state index in [0.717, 1.165) is 10.9 Å². The van der Waals surface area contributed by atoms with Gasteiger partial charge in [0.25, 0.3) is 5.91 Å². The predicted octanol–water partition coefficient (Wildman–Crippen LogP) is 5.61. The van der Waals surface area contributed by atoms with Crippen molar-refractivity contribution in [3.05, 3.63) is 112 Å². The summed E-state index contributed by atoms with van der Waals surface area (Å²) in [6.45, 7) is 0.257. The summed E-state index contributed by atoms with van der Waals surface area (Å²) in [6.07, 6.45) is 0.497. The molecule has 1 aliphatic heterocycles. The molecule has 0 spiro atoms. The van der Waals surface area contributed by atoms with Gasteiger partial charge in [0.15, 0.2) is 11.5 Å². The molecule has 4 aromatic rings. The number of hydrogen-bond donors (Lipinski definition) is 2. The molecule has 1 aliphatic rings. The molecule has 5 rings (SSSR count). The van der Waals surface area contributed by atoms with Gasteiger partial charge in [-0.1, -0.05) is 54.1 Å². The molecule has 0 radical (unpaired) electrons. The first-order chi connectivity index (χ1) is 16.4. The summed E-state index contributed by atoms with van der Waals surface area (Å²) in [5.41, 5.74) is 2.03. The maximum atomic E-state index is 13.5. The maximum Gasteiger partial charge on any atom is 0.290 e. The van der Waals surface area contributed by atoms with Crippen LogP contribution in [0.4, 0.5) is 0 Å². The number of rotatable bonds is 6. The first kappa shape index (κ1) is 21.8. The molecule has 7 heteroatoms. The fourth-order valence-electron chi connectivity index (χ4n) is 4.25. The summed E-state index contributed by atoms with van der Waals surface area (Å²) in [6, 6.07) is 21.5. The fraction of sp³-hybridized carbons (Fsp3) is 0.111. The number of phenolic OH excluding ortho intramolecular Hbond substituents is 1. The van der Waals surface area contributed by atoms with E-state index in [0.29, 0.717) is 22.6 Å². The number of aromatic hydroxyl groups is 1. The molecule has 1 unspecified atom stereocenters. The summed E-state index contributed by atoms with van der Waals surface area (Å²) < 4.78 is 5.73. The smallest absolute Gasteiger partial charge is 0.290 e. The van der Waals surface area contributed by atoms with Crippen molar-refractivity contribution in [3.8, 4) is 5.75 Å². The van der Waals surface area contributed by atoms with Crippen LogP contribution >= 0.6 is 11.6 Å². The Kier molecular flexibility index (Phi) is 5.59. The third kappa shape index (κ3) is 3.93. The molecule has 1 aromatic heterocycles. The lowest BCUT2D eigenvalue weighted by Gasteiger charge is -2.26. The van der Waals surface area contributed by atoms with Crippen LogP contribution in [0.25, 0.3) is 11.0 Å². The topological polar surface area (TPSA) is 91.0 Å². The molecule has 34 heavy (non-hydrogen) atoms. The number of furan rings is 1. The average molecular weight is 474 g/mol. The second kappa shape index (κ2) is 8.72. The van der Waals surface area contributed by atoms with Crippen molar-refractivity contribution >= 4 is 34.3 Å². The van der Waals surface area contributed by atoms with E-state index >= 15 is 0 Å². The van der Waals surface area contributed by atoms with E-state index in [-0.39, 0.29) is 23.6 Å². The van der Waals surface area contributed by atoms with Crippen LogP contribution in [0.2, 0.25) is 5.02 Å². The number of aliphatic hydroxyl groups is 1. The van der Waals surface area contributed by atoms with Crippen molar-refractivity contribution in [1.29, 1.82) is 0 Å². The summed E-state index contributed by atoms with van der Waals surface area (Å²) in [7, 11) is 0. The van der Waals surface area contributed by atoms with Gasteiger partial charge in [-0.05, 0) is 53.9 Å². The minimum atomic E-state index is -0.832. The lowest BCUT2D eigenvalue weighted by Crippen LogP contribution is -2.33. The quantitative estimate of drug-likeness (QED) is 0.355. The van der Waals surface area contributed by atoms with Crippen molar-refractivity contribution in [2.45, 2.75) is 12.5 Å². The van der Waals surface area contributed by atoms with E-state index in [1.54, 1.807) is 42.5 Å². The van der Waals surface area contributed by atoms with Gasteiger partial charge in [-0.3, -0.25) is 9.59 Å². The van der Waals surface area contributed by atoms with Gasteiger partial charge in [0.05, 0.1) is 11.6 Å². The predicted molar refractivity (Wildman–Crippen MR) is 128 cm³/mol. The molecular formula is C27H20ClNO5. The number of carbonyl (C=O) groups is 2. The van der Waals surface area contributed by atoms with Crippen molar-refractivity contribution in [2.24, 2.45) is 0 Å². The van der Waals surface area contributed by atoms with Gasteiger partial charge >= 0.3 is 0 Å². The number of nitrogens with zero attached hydrogens (tertiary/aromatic N) is 1. The Bertz CT molecular complexity index is 1390. The molecule has 0 fully saturated rings. The van der Waals surface area contributed by atoms with Gasteiger partial charge < -0.3 is 19.5 Å². The molecule has 3 aromatic carbocycles. The molecule has 2 heterocycles. The molecule has 1 atom stereocenters. The van der Waals surface area contributed by atoms with Crippen molar-refractivity contribution < 1.29 is 24.2 Å². The molecule has 2 N–H and O–H groups in total. The van der Waals surface area contributed by atoms with E-state index in [1.807, 2.05) is 24.3 Å². The van der Waals surface area contributed by atoms with E-state index in [2.05, 4.69) is 0 Å². The molecule has 0 aliphatic carbocycles. The summed E-state index contributed by atoms with van der Waals surface area (Å²) >= 11 is 5.97. The fourth-order valence-corrected chi connectivity index (χ4v) is 4.37. The largest absolute Gasteiger partial charge is 0.508 e. The number of benzene rings is 3. The monoisotopic (exact) mass is 473 g/mol. The number of halogens is 1. The Hall–Kier alpha value is -4.03. The second-order valence-electron chi connectivity index (χ2n) is 8.11. The van der Waals surface area contributed by atoms with Gasteiger partial charge in [0.1, 0.15) is 11.3 Å². The van der Waals surface area contributed by atoms with Gasteiger partial charge in [-0.2, -0.15) is 0 Å². The van der Waals surface area contributed by atoms with Crippen LogP contribution in [0.1, 0.15) is 27.7 Å². The van der Waals surface area contributed by atoms with Crippen molar-refractivity contribution in [1.82, 2.24) is 4.90 Å². The summed E-state index contributed by atoms with van der Waals surface area (Å²) in [4.78, 5) is 28.1. The van der Waals surface area contributed by atoms with Crippen LogP contribution in [0, 0.1) is 0 Å². The van der Waals surface area contributed by atoms with E-state index in [1.165, 1.54) is 17.0 Å². The Morgan fingerprint density at radius 2 is 1.68 bits per heavy atom. The van der Waals surface area contributed by atoms with Crippen molar-refractivity contribution in [2.75, 3.05) is 6.54 Å². The highest BCUT2D eigenvalue weighted by Crippen LogP contribution is 2.40. The Balaban J connectivity index is 1.52. The molecule has 0 saturated heterocycles. The number of phenols is 1. The second-order valence-corrected chi connectivity index (χ2v) is 8.55. The third-order valence-electron chi connectivity index (χ3n) is 5.96. The lowest BCUT2D eigenvalue weighted by atomic mass is 9.94. The van der Waals surface area contributed by atoms with Crippen molar-refractivity contribution in [3.63, 3.8) is 0 Å². The van der Waals surface area contributed by atoms with Gasteiger partial charge in [0, 0.05) is 17.0 Å². The number of ketones is 1. The number of hydrogen-bond acceptors (Lipinski definition) is 5. The maximum absolute atomic E-state index is 13.5. The minimum absolute atomic E-state index is 0.0406. The first-order valence-corrected chi connectivity index (χ1v) is 11.1. The molecule has 170 valence electrons. The average Bonchev–Trinajstić information content (AvgIpc) is 3.38. The molecular weight excluding hydrogens is 454 g/mol. The highest BCUT2D eigenvalue weighted by Gasteiger charge is 2.44. The van der Waals surface area contributed by atoms with E-state index in [4.69, 9.17) is 16.0 Å². The highest BCUT2D eigenvalue weighted by molar-refractivity contribution is 6.30. The SMILES string of the molecule is O=C(C1=C(O)C(=O)N(CCc2ccc(Cl)cc2)C1c1ccc(O)cc1)c1cc2ccccc2o1. The van der Waals surface area contributed by atoms with Crippen LogP contribution in [-0.2, 0) is 11.2 Å². The molecule has 0 bridgehead atoms. The van der Waals surface area contributed by atoms with Crippen LogP contribution in [0.15, 0.2) is 94.6 Å². The number of para-hydroxylation sites is 1. The Labute approximate surface area is 200 Å². The van der Waals surface area contributed by atoms with Gasteiger partial charge in [-0.25, -0.2) is 0 Å². The van der Waals surface area contributed by atoms with Gasteiger partial charge in [0.2, 0.25) is 5.78 Å². The van der Waals surface area contributed by atoms with Crippen LogP contribution in [0.3, 0.4) is 0 Å². The number of Topliss-reactive ketones (excluding diaryl/α,β-unsaturated/α-hetero) is 1. The third-order valence-corrected chi connectivity index (χ3v) is 6.21. The minimum Gasteiger partial charge on any atom is -0.508 e. The summed E-state index contributed by atoms with van der Waals surface area (Å²) in [5, 5.41) is 21.9. The number of fused-ring (bicyclic) bond motifs is 1. The van der Waals surface area contributed by atoms with E-state index < -0.39 is 23.5 Å². The zero-order valence-electron chi connectivity index (χ0n) is 17.9. The Morgan fingerprint density at radius 3 is 2.38 bits per heavy atom. The lowest BCUT2D eigenvalue weighted by molar-refractivity contribution is -0.129. The number of amides is 1. The standard InChI is InChI=1S/C27H20ClNO5/c28-19-9-5-16(6-10-19)13-14-29-24(17-7-11-20(30)12-8-17)23(26(32)27(29)33)25(31)22-15-18-3-1-2-4-21(18)34-22/h1-12,15,24,30,32H,13-14H2. The summed E-state index contributed by atoms with van der Waals surface area (Å²) in [5.74, 6) is -1.70. The van der Waals surface area contributed by atoms with Crippen LogP contribution < -0.4 is 0 Å². The number of carbonyl (C=O) groups excluding carboxylic acids is 2. The van der Waals surface area contributed by atoms with Crippen LogP contribution in [0.5, 0.6) is 5.75 Å². The van der Waals surface area contributed by atoms with E-state index in [9.17, 15) is 19.8 Å². The zero-order chi connectivity index (χ0) is 23.8. The first-order valence-electron chi connectivity index (χ1n) is 10.7. The van der Waals surface area contributed by atoms with Gasteiger partial charge in [-0.15, -0.1) is 0 Å². The normalized spacial score (nSPS) is 16.0. The highest BCUT2D eigenvalue weighted by atomic mass is 35.5. The Morgan fingerprint density at radius 1 is 0.971 bits per heavy atom. The molecule has 0 saturated carbocycles. The number of aliphatic hydroxyl groups excluding tert-OH is 1. The van der Waals surface area contributed by atoms with Crippen LogP contribution in [-0.4, -0.2) is 33.3 Å². The molecule has 1 amide bonds. The molecule has 6 nitrogen and oxygen atoms in total.